The zero-order chi connectivity index (χ0) is 15.5. The number of rotatable bonds is 6. The van der Waals surface area contributed by atoms with Crippen LogP contribution >= 0.6 is 0 Å². The summed E-state index contributed by atoms with van der Waals surface area (Å²) in [5, 5.41) is 17.4. The quantitative estimate of drug-likeness (QED) is 0.623. The second-order valence-electron chi connectivity index (χ2n) is 5.96. The number of nitrogens with zero attached hydrogens (tertiary/aromatic N) is 2. The summed E-state index contributed by atoms with van der Waals surface area (Å²) in [6.07, 6.45) is 4.83. The number of hydrogen-bond donors (Lipinski definition) is 2. The molecule has 0 radical (unpaired) electrons. The lowest BCUT2D eigenvalue weighted by Crippen LogP contribution is -2.47. The molecule has 0 saturated heterocycles. The molecule has 0 unspecified atom stereocenters. The number of non-ortho nitro benzene ring substituents is 1. The van der Waals surface area contributed by atoms with E-state index in [2.05, 4.69) is 29.6 Å². The van der Waals surface area contributed by atoms with Crippen LogP contribution in [0.2, 0.25) is 0 Å². The van der Waals surface area contributed by atoms with Crippen LogP contribution in [-0.4, -0.2) is 43.0 Å². The molecule has 0 amide bonds. The molecule has 6 heteroatoms. The molecule has 0 aromatic heterocycles. The maximum atomic E-state index is 11.0. The Morgan fingerprint density at radius 2 is 1.86 bits per heavy atom. The Hall–Kier alpha value is -1.82. The van der Waals surface area contributed by atoms with Crippen molar-refractivity contribution in [2.75, 3.05) is 38.3 Å². The van der Waals surface area contributed by atoms with E-state index in [1.807, 2.05) is 6.07 Å². The van der Waals surface area contributed by atoms with Crippen LogP contribution in [0.5, 0.6) is 0 Å². The van der Waals surface area contributed by atoms with E-state index in [0.717, 1.165) is 17.9 Å². The third kappa shape index (κ3) is 3.44. The Balaban J connectivity index is 2.15. The molecule has 1 aromatic rings. The van der Waals surface area contributed by atoms with Gasteiger partial charge >= 0.3 is 0 Å². The first-order valence-electron chi connectivity index (χ1n) is 7.35. The highest BCUT2D eigenvalue weighted by Crippen LogP contribution is 2.34. The molecule has 2 rings (SSSR count). The van der Waals surface area contributed by atoms with Gasteiger partial charge in [0.2, 0.25) is 0 Å². The number of nitrogens with one attached hydrogen (secondary N) is 2. The fourth-order valence-corrected chi connectivity index (χ4v) is 3.04. The van der Waals surface area contributed by atoms with Crippen molar-refractivity contribution in [3.63, 3.8) is 0 Å². The molecule has 0 spiro atoms. The molecular weight excluding hydrogens is 268 g/mol. The first kappa shape index (κ1) is 15.6. The molecule has 1 aromatic carbocycles. The van der Waals surface area contributed by atoms with Crippen molar-refractivity contribution in [3.05, 3.63) is 28.3 Å². The first-order chi connectivity index (χ1) is 9.97. The number of nitro groups is 1. The van der Waals surface area contributed by atoms with Crippen molar-refractivity contribution in [2.45, 2.75) is 31.2 Å². The van der Waals surface area contributed by atoms with Crippen molar-refractivity contribution < 1.29 is 4.92 Å². The van der Waals surface area contributed by atoms with Gasteiger partial charge in [0, 0.05) is 42.6 Å². The van der Waals surface area contributed by atoms with Gasteiger partial charge in [0.1, 0.15) is 0 Å². The van der Waals surface area contributed by atoms with Gasteiger partial charge in [0.25, 0.3) is 5.69 Å². The van der Waals surface area contributed by atoms with Crippen molar-refractivity contribution in [1.82, 2.24) is 4.90 Å². The van der Waals surface area contributed by atoms with Crippen molar-refractivity contribution >= 4 is 17.1 Å². The minimum absolute atomic E-state index is 0.106. The topological polar surface area (TPSA) is 70.4 Å². The monoisotopic (exact) mass is 292 g/mol. The summed E-state index contributed by atoms with van der Waals surface area (Å²) >= 11 is 0. The Bertz CT molecular complexity index is 510. The van der Waals surface area contributed by atoms with E-state index >= 15 is 0 Å². The summed E-state index contributed by atoms with van der Waals surface area (Å²) < 4.78 is 0. The minimum atomic E-state index is -0.358. The average molecular weight is 292 g/mol. The largest absolute Gasteiger partial charge is 0.388 e. The Labute approximate surface area is 125 Å². The number of benzene rings is 1. The van der Waals surface area contributed by atoms with Gasteiger partial charge in [-0.3, -0.25) is 10.1 Å². The van der Waals surface area contributed by atoms with Gasteiger partial charge in [-0.2, -0.15) is 0 Å². The fourth-order valence-electron chi connectivity index (χ4n) is 3.04. The molecule has 21 heavy (non-hydrogen) atoms. The van der Waals surface area contributed by atoms with E-state index in [1.54, 1.807) is 19.2 Å². The van der Waals surface area contributed by atoms with Crippen LogP contribution in [-0.2, 0) is 0 Å². The molecule has 2 N–H and O–H groups in total. The lowest BCUT2D eigenvalue weighted by Gasteiger charge is -2.36. The lowest BCUT2D eigenvalue weighted by atomic mass is 9.96. The summed E-state index contributed by atoms with van der Waals surface area (Å²) in [7, 11) is 5.99. The molecule has 1 aliphatic rings. The molecule has 0 bridgehead atoms. The van der Waals surface area contributed by atoms with Gasteiger partial charge in [-0.15, -0.1) is 0 Å². The molecule has 0 heterocycles. The summed E-state index contributed by atoms with van der Waals surface area (Å²) in [6.45, 7) is 0.810. The predicted molar refractivity (Wildman–Crippen MR) is 86.0 cm³/mol. The lowest BCUT2D eigenvalue weighted by molar-refractivity contribution is -0.384. The van der Waals surface area contributed by atoms with E-state index in [4.69, 9.17) is 0 Å². The van der Waals surface area contributed by atoms with Crippen LogP contribution in [0, 0.1) is 10.1 Å². The molecule has 0 aliphatic heterocycles. The van der Waals surface area contributed by atoms with E-state index in [0.29, 0.717) is 0 Å². The average Bonchev–Trinajstić information content (AvgIpc) is 2.95. The predicted octanol–water partition coefficient (Wildman–Crippen LogP) is 2.92. The van der Waals surface area contributed by atoms with Crippen LogP contribution in [0.4, 0.5) is 17.1 Å². The third-order valence-corrected chi connectivity index (χ3v) is 4.52. The highest BCUT2D eigenvalue weighted by Gasteiger charge is 2.35. The standard InChI is InChI=1S/C15H24N4O2/c1-16-12-8-13(10-14(9-12)19(20)21)17-11-15(18(2)3)6-4-5-7-15/h8-10,16-17H,4-7,11H2,1-3H3. The van der Waals surface area contributed by atoms with Crippen LogP contribution in [0.3, 0.4) is 0 Å². The zero-order valence-electron chi connectivity index (χ0n) is 13.0. The van der Waals surface area contributed by atoms with Crippen LogP contribution in [0.15, 0.2) is 18.2 Å². The maximum Gasteiger partial charge on any atom is 0.273 e. The second kappa shape index (κ2) is 6.30. The molecule has 1 saturated carbocycles. The van der Waals surface area contributed by atoms with Gasteiger partial charge in [-0.05, 0) is 33.0 Å². The Morgan fingerprint density at radius 1 is 1.24 bits per heavy atom. The van der Waals surface area contributed by atoms with E-state index in [-0.39, 0.29) is 16.1 Å². The summed E-state index contributed by atoms with van der Waals surface area (Å²) in [5.74, 6) is 0. The molecule has 0 atom stereocenters. The second-order valence-corrected chi connectivity index (χ2v) is 5.96. The Morgan fingerprint density at radius 3 is 2.38 bits per heavy atom. The maximum absolute atomic E-state index is 11.0. The number of likely N-dealkylation sites (N-methyl/N-ethyl adjacent to an activating group) is 1. The fraction of sp³-hybridized carbons (Fsp3) is 0.600. The van der Waals surface area contributed by atoms with Crippen molar-refractivity contribution in [1.29, 1.82) is 0 Å². The van der Waals surface area contributed by atoms with Gasteiger partial charge < -0.3 is 15.5 Å². The minimum Gasteiger partial charge on any atom is -0.388 e. The summed E-state index contributed by atoms with van der Waals surface area (Å²) in [4.78, 5) is 12.9. The molecular formula is C15H24N4O2. The third-order valence-electron chi connectivity index (χ3n) is 4.52. The van der Waals surface area contributed by atoms with Crippen LogP contribution in [0.1, 0.15) is 25.7 Å². The smallest absolute Gasteiger partial charge is 0.273 e. The van der Waals surface area contributed by atoms with E-state index in [1.165, 1.54) is 25.7 Å². The SMILES string of the molecule is CNc1cc(NCC2(N(C)C)CCCC2)cc([N+](=O)[O-])c1. The molecule has 1 aliphatic carbocycles. The highest BCUT2D eigenvalue weighted by atomic mass is 16.6. The van der Waals surface area contributed by atoms with Crippen molar-refractivity contribution in [2.24, 2.45) is 0 Å². The highest BCUT2D eigenvalue weighted by molar-refractivity contribution is 5.63. The van der Waals surface area contributed by atoms with Crippen molar-refractivity contribution in [3.8, 4) is 0 Å². The molecule has 1 fully saturated rings. The summed E-state index contributed by atoms with van der Waals surface area (Å²) in [5.41, 5.74) is 1.80. The number of anilines is 2. The van der Waals surface area contributed by atoms with E-state index in [9.17, 15) is 10.1 Å². The van der Waals surface area contributed by atoms with E-state index < -0.39 is 0 Å². The first-order valence-corrected chi connectivity index (χ1v) is 7.35. The normalized spacial score (nSPS) is 17.0. The number of hydrogen-bond acceptors (Lipinski definition) is 5. The summed E-state index contributed by atoms with van der Waals surface area (Å²) in [6, 6.07) is 5.05. The zero-order valence-corrected chi connectivity index (χ0v) is 13.0. The Kier molecular flexibility index (Phi) is 4.67. The molecule has 6 nitrogen and oxygen atoms in total. The number of nitro benzene ring substituents is 1. The van der Waals surface area contributed by atoms with Crippen LogP contribution in [0.25, 0.3) is 0 Å². The van der Waals surface area contributed by atoms with Gasteiger partial charge in [0.15, 0.2) is 0 Å². The van der Waals surface area contributed by atoms with Gasteiger partial charge in [0.05, 0.1) is 4.92 Å². The van der Waals surface area contributed by atoms with Gasteiger partial charge in [-0.25, -0.2) is 0 Å². The van der Waals surface area contributed by atoms with Gasteiger partial charge in [-0.1, -0.05) is 12.8 Å². The van der Waals surface area contributed by atoms with Crippen LogP contribution < -0.4 is 10.6 Å². The molecule has 116 valence electrons.